The Kier molecular flexibility index (Phi) is 6.32. The second-order valence-corrected chi connectivity index (χ2v) is 5.48. The first-order valence-corrected chi connectivity index (χ1v) is 7.69. The first-order chi connectivity index (χ1) is 9.06. The molecule has 0 saturated carbocycles. The van der Waals surface area contributed by atoms with Gasteiger partial charge in [0.1, 0.15) is 12.1 Å². The highest BCUT2D eigenvalue weighted by atomic mass is 16.2. The van der Waals surface area contributed by atoms with Crippen LogP contribution < -0.4 is 5.32 Å². The number of unbranched alkanes of at least 4 members (excludes halogenated alkanes) is 1. The lowest BCUT2D eigenvalue weighted by Crippen LogP contribution is -2.64. The van der Waals surface area contributed by atoms with Gasteiger partial charge in [-0.15, -0.1) is 0 Å². The molecular weight excluding hydrogens is 240 g/mol. The average Bonchev–Trinajstić information content (AvgIpc) is 2.38. The van der Waals surface area contributed by atoms with Crippen molar-refractivity contribution < 1.29 is 9.59 Å². The van der Waals surface area contributed by atoms with Crippen molar-refractivity contribution >= 4 is 11.8 Å². The molecule has 3 unspecified atom stereocenters. The molecule has 0 radical (unpaired) electrons. The van der Waals surface area contributed by atoms with E-state index in [2.05, 4.69) is 19.2 Å². The van der Waals surface area contributed by atoms with Crippen molar-refractivity contribution in [3.63, 3.8) is 0 Å². The number of hydrogen-bond acceptors (Lipinski definition) is 2. The lowest BCUT2D eigenvalue weighted by Gasteiger charge is -2.42. The van der Waals surface area contributed by atoms with E-state index in [-0.39, 0.29) is 29.9 Å². The third-order valence-electron chi connectivity index (χ3n) is 3.91. The highest BCUT2D eigenvalue weighted by Gasteiger charge is 2.40. The normalized spacial score (nSPS) is 25.4. The van der Waals surface area contributed by atoms with Crippen LogP contribution in [0.25, 0.3) is 0 Å². The minimum absolute atomic E-state index is 0.00667. The zero-order valence-corrected chi connectivity index (χ0v) is 12.7. The molecule has 0 aliphatic carbocycles. The molecule has 19 heavy (non-hydrogen) atoms. The van der Waals surface area contributed by atoms with E-state index < -0.39 is 0 Å². The summed E-state index contributed by atoms with van der Waals surface area (Å²) in [5.41, 5.74) is 0. The van der Waals surface area contributed by atoms with Gasteiger partial charge in [0, 0.05) is 6.04 Å². The summed E-state index contributed by atoms with van der Waals surface area (Å²) in [6.07, 6.45) is 5.97. The Morgan fingerprint density at radius 1 is 1.16 bits per heavy atom. The fourth-order valence-corrected chi connectivity index (χ4v) is 2.89. The summed E-state index contributed by atoms with van der Waals surface area (Å²) in [6, 6.07) is -0.440. The smallest absolute Gasteiger partial charge is 0.245 e. The largest absolute Gasteiger partial charge is 0.343 e. The molecule has 4 heteroatoms. The van der Waals surface area contributed by atoms with E-state index in [1.807, 2.05) is 11.8 Å². The molecule has 1 aliphatic heterocycles. The number of amides is 2. The maximum Gasteiger partial charge on any atom is 0.245 e. The van der Waals surface area contributed by atoms with Crippen molar-refractivity contribution in [2.45, 2.75) is 84.3 Å². The molecule has 0 aromatic heterocycles. The van der Waals surface area contributed by atoms with Crippen molar-refractivity contribution in [1.82, 2.24) is 10.2 Å². The Morgan fingerprint density at radius 3 is 2.37 bits per heavy atom. The van der Waals surface area contributed by atoms with Crippen molar-refractivity contribution in [3.05, 3.63) is 0 Å². The lowest BCUT2D eigenvalue weighted by atomic mass is 9.96. The van der Waals surface area contributed by atoms with Crippen LogP contribution in [0.4, 0.5) is 0 Å². The molecule has 2 amide bonds. The molecule has 1 rings (SSSR count). The third-order valence-corrected chi connectivity index (χ3v) is 3.91. The predicted octanol–water partition coefficient (Wildman–Crippen LogP) is 2.47. The Balaban J connectivity index is 2.92. The molecule has 0 bridgehead atoms. The molecule has 1 aliphatic rings. The molecule has 1 fully saturated rings. The highest BCUT2D eigenvalue weighted by Crippen LogP contribution is 2.23. The minimum Gasteiger partial charge on any atom is -0.343 e. The van der Waals surface area contributed by atoms with Crippen molar-refractivity contribution in [1.29, 1.82) is 0 Å². The van der Waals surface area contributed by atoms with E-state index in [9.17, 15) is 9.59 Å². The first-order valence-electron chi connectivity index (χ1n) is 7.69. The highest BCUT2D eigenvalue weighted by molar-refractivity contribution is 5.96. The Hall–Kier alpha value is -1.06. The van der Waals surface area contributed by atoms with Crippen LogP contribution in [-0.4, -0.2) is 34.8 Å². The molecule has 110 valence electrons. The number of piperazine rings is 1. The summed E-state index contributed by atoms with van der Waals surface area (Å²) in [7, 11) is 0. The second kappa shape index (κ2) is 7.51. The van der Waals surface area contributed by atoms with Gasteiger partial charge < -0.3 is 10.2 Å². The molecule has 4 nitrogen and oxygen atoms in total. The van der Waals surface area contributed by atoms with Gasteiger partial charge in [0.25, 0.3) is 0 Å². The van der Waals surface area contributed by atoms with Gasteiger partial charge in [0.15, 0.2) is 0 Å². The molecular formula is C15H28N2O2. The van der Waals surface area contributed by atoms with Crippen LogP contribution in [0.5, 0.6) is 0 Å². The van der Waals surface area contributed by atoms with Gasteiger partial charge in [0.05, 0.1) is 0 Å². The van der Waals surface area contributed by atoms with E-state index in [4.69, 9.17) is 0 Å². The summed E-state index contributed by atoms with van der Waals surface area (Å²) in [6.45, 7) is 8.05. The standard InChI is InChI=1S/C15H28N2O2/c1-5-8-10-12(9-6-2)17-13(7-3)14(18)16-11(4)15(17)19/h11-13H,5-10H2,1-4H3,(H,16,18). The number of rotatable bonds is 7. The summed E-state index contributed by atoms with van der Waals surface area (Å²) in [5.74, 6) is 0.0909. The molecule has 1 heterocycles. The summed E-state index contributed by atoms with van der Waals surface area (Å²) >= 11 is 0. The zero-order chi connectivity index (χ0) is 14.4. The van der Waals surface area contributed by atoms with Crippen LogP contribution in [0.15, 0.2) is 0 Å². The molecule has 1 saturated heterocycles. The van der Waals surface area contributed by atoms with Crippen LogP contribution >= 0.6 is 0 Å². The number of carbonyl (C=O) groups excluding carboxylic acids is 2. The topological polar surface area (TPSA) is 49.4 Å². The number of nitrogens with zero attached hydrogens (tertiary/aromatic N) is 1. The SMILES string of the molecule is CCCCC(CCC)N1C(=O)C(C)NC(=O)C1CC. The van der Waals surface area contributed by atoms with Gasteiger partial charge in [-0.1, -0.05) is 40.0 Å². The van der Waals surface area contributed by atoms with E-state index in [0.717, 1.165) is 32.1 Å². The van der Waals surface area contributed by atoms with Gasteiger partial charge in [-0.2, -0.15) is 0 Å². The fourth-order valence-electron chi connectivity index (χ4n) is 2.89. The average molecular weight is 268 g/mol. The summed E-state index contributed by atoms with van der Waals surface area (Å²) in [5, 5.41) is 2.78. The monoisotopic (exact) mass is 268 g/mol. The van der Waals surface area contributed by atoms with Gasteiger partial charge in [0.2, 0.25) is 11.8 Å². The first kappa shape index (κ1) is 16.0. The summed E-state index contributed by atoms with van der Waals surface area (Å²) < 4.78 is 0. The molecule has 0 spiro atoms. The van der Waals surface area contributed by atoms with Crippen molar-refractivity contribution in [3.8, 4) is 0 Å². The maximum absolute atomic E-state index is 12.4. The maximum atomic E-state index is 12.4. The zero-order valence-electron chi connectivity index (χ0n) is 12.7. The van der Waals surface area contributed by atoms with Gasteiger partial charge in [-0.25, -0.2) is 0 Å². The summed E-state index contributed by atoms with van der Waals surface area (Å²) in [4.78, 5) is 26.4. The van der Waals surface area contributed by atoms with E-state index in [1.165, 1.54) is 0 Å². The van der Waals surface area contributed by atoms with Crippen LogP contribution in [0.1, 0.15) is 66.2 Å². The number of nitrogens with one attached hydrogen (secondary N) is 1. The molecule has 3 atom stereocenters. The van der Waals surface area contributed by atoms with Crippen molar-refractivity contribution in [2.24, 2.45) is 0 Å². The van der Waals surface area contributed by atoms with E-state index in [0.29, 0.717) is 6.42 Å². The van der Waals surface area contributed by atoms with Crippen LogP contribution in [0.3, 0.4) is 0 Å². The lowest BCUT2D eigenvalue weighted by molar-refractivity contribution is -0.152. The second-order valence-electron chi connectivity index (χ2n) is 5.48. The molecule has 0 aromatic carbocycles. The molecule has 1 N–H and O–H groups in total. The van der Waals surface area contributed by atoms with Crippen LogP contribution in [-0.2, 0) is 9.59 Å². The third kappa shape index (κ3) is 3.71. The van der Waals surface area contributed by atoms with Gasteiger partial charge in [-0.3, -0.25) is 9.59 Å². The minimum atomic E-state index is -0.378. The number of carbonyl (C=O) groups is 2. The van der Waals surface area contributed by atoms with E-state index in [1.54, 1.807) is 6.92 Å². The Morgan fingerprint density at radius 2 is 1.84 bits per heavy atom. The number of hydrogen-bond donors (Lipinski definition) is 1. The van der Waals surface area contributed by atoms with Gasteiger partial charge >= 0.3 is 0 Å². The van der Waals surface area contributed by atoms with Crippen LogP contribution in [0, 0.1) is 0 Å². The quantitative estimate of drug-likeness (QED) is 0.771. The predicted molar refractivity (Wildman–Crippen MR) is 76.8 cm³/mol. The van der Waals surface area contributed by atoms with E-state index >= 15 is 0 Å². The molecule has 0 aromatic rings. The Bertz CT molecular complexity index is 317. The van der Waals surface area contributed by atoms with Gasteiger partial charge in [-0.05, 0) is 26.2 Å². The Labute approximate surface area is 116 Å². The fraction of sp³-hybridized carbons (Fsp3) is 0.867. The van der Waals surface area contributed by atoms with Crippen molar-refractivity contribution in [2.75, 3.05) is 0 Å². The van der Waals surface area contributed by atoms with Crippen LogP contribution in [0.2, 0.25) is 0 Å².